The van der Waals surface area contributed by atoms with Crippen LogP contribution in [0.1, 0.15) is 35.1 Å². The largest absolute Gasteiger partial charge is 0.496 e. The van der Waals surface area contributed by atoms with Crippen LogP contribution in [0, 0.1) is 20.8 Å². The topological polar surface area (TPSA) is 47.3 Å². The summed E-state index contributed by atoms with van der Waals surface area (Å²) in [5.74, 6) is 1.01. The van der Waals surface area contributed by atoms with Gasteiger partial charge in [-0.1, -0.05) is 6.07 Å². The molecule has 0 saturated heterocycles. The summed E-state index contributed by atoms with van der Waals surface area (Å²) in [7, 11) is 1.73. The van der Waals surface area contributed by atoms with Crippen molar-refractivity contribution in [2.45, 2.75) is 45.7 Å². The molecule has 1 aliphatic carbocycles. The number of hydrogen-bond acceptors (Lipinski definition) is 3. The monoisotopic (exact) mass is 248 g/mol. The molecule has 3 nitrogen and oxygen atoms in total. The van der Waals surface area contributed by atoms with E-state index in [9.17, 15) is 0 Å². The molecule has 0 radical (unpaired) electrons. The smallest absolute Gasteiger partial charge is 0.124 e. The maximum Gasteiger partial charge on any atom is 0.124 e. The van der Waals surface area contributed by atoms with E-state index in [-0.39, 0.29) is 5.54 Å². The van der Waals surface area contributed by atoms with Crippen LogP contribution in [0.5, 0.6) is 5.75 Å². The fraction of sp³-hybridized carbons (Fsp3) is 0.600. The van der Waals surface area contributed by atoms with E-state index >= 15 is 0 Å². The summed E-state index contributed by atoms with van der Waals surface area (Å²) < 4.78 is 5.44. The second-order valence-corrected chi connectivity index (χ2v) is 5.60. The van der Waals surface area contributed by atoms with E-state index in [4.69, 9.17) is 10.5 Å². The zero-order valence-corrected chi connectivity index (χ0v) is 11.9. The van der Waals surface area contributed by atoms with Crippen molar-refractivity contribution in [2.24, 2.45) is 5.73 Å². The number of methoxy groups -OCH3 is 1. The summed E-state index contributed by atoms with van der Waals surface area (Å²) in [5, 5.41) is 3.47. The number of nitrogens with one attached hydrogen (secondary N) is 1. The Hall–Kier alpha value is -1.06. The fourth-order valence-corrected chi connectivity index (χ4v) is 2.42. The van der Waals surface area contributed by atoms with Crippen molar-refractivity contribution in [3.05, 3.63) is 28.3 Å². The Labute approximate surface area is 110 Å². The summed E-state index contributed by atoms with van der Waals surface area (Å²) >= 11 is 0. The van der Waals surface area contributed by atoms with Gasteiger partial charge in [0.15, 0.2) is 0 Å². The average Bonchev–Trinajstić information content (AvgIpc) is 3.04. The van der Waals surface area contributed by atoms with Crippen molar-refractivity contribution < 1.29 is 4.74 Å². The van der Waals surface area contributed by atoms with Crippen LogP contribution < -0.4 is 15.8 Å². The molecule has 0 bridgehead atoms. The van der Waals surface area contributed by atoms with Gasteiger partial charge in [-0.05, 0) is 55.9 Å². The van der Waals surface area contributed by atoms with Gasteiger partial charge in [-0.2, -0.15) is 0 Å². The number of ether oxygens (including phenoxy) is 1. The summed E-state index contributed by atoms with van der Waals surface area (Å²) in [6, 6.07) is 2.21. The van der Waals surface area contributed by atoms with Crippen LogP contribution in [0.25, 0.3) is 0 Å². The fourth-order valence-electron chi connectivity index (χ4n) is 2.42. The highest BCUT2D eigenvalue weighted by Crippen LogP contribution is 2.31. The molecule has 0 atom stereocenters. The standard InChI is InChI=1S/C15H24N2O/c1-10-7-13(8-17-9-15(16)5-6-15)11(2)12(3)14(10)18-4/h7,17H,5-6,8-9,16H2,1-4H3. The van der Waals surface area contributed by atoms with E-state index < -0.39 is 0 Å². The first kappa shape index (κ1) is 13.4. The van der Waals surface area contributed by atoms with E-state index in [2.05, 4.69) is 32.2 Å². The maximum absolute atomic E-state index is 6.07. The molecule has 2 rings (SSSR count). The lowest BCUT2D eigenvalue weighted by Gasteiger charge is -2.17. The van der Waals surface area contributed by atoms with Crippen LogP contribution in [0.3, 0.4) is 0 Å². The molecule has 0 spiro atoms. The third-order valence-corrected chi connectivity index (χ3v) is 4.02. The Morgan fingerprint density at radius 3 is 2.50 bits per heavy atom. The molecule has 3 heteroatoms. The maximum atomic E-state index is 6.07. The quantitative estimate of drug-likeness (QED) is 0.840. The molecular weight excluding hydrogens is 224 g/mol. The summed E-state index contributed by atoms with van der Waals surface area (Å²) in [6.07, 6.45) is 2.30. The van der Waals surface area contributed by atoms with Gasteiger partial charge in [0.05, 0.1) is 7.11 Å². The second-order valence-electron chi connectivity index (χ2n) is 5.60. The van der Waals surface area contributed by atoms with Gasteiger partial charge in [-0.3, -0.25) is 0 Å². The van der Waals surface area contributed by atoms with E-state index in [0.29, 0.717) is 0 Å². The molecular formula is C15H24N2O. The van der Waals surface area contributed by atoms with Gasteiger partial charge in [-0.25, -0.2) is 0 Å². The minimum atomic E-state index is 0.0739. The predicted octanol–water partition coefficient (Wildman–Crippen LogP) is 2.20. The van der Waals surface area contributed by atoms with Gasteiger partial charge in [0.25, 0.3) is 0 Å². The van der Waals surface area contributed by atoms with Crippen molar-refractivity contribution >= 4 is 0 Å². The first-order valence-corrected chi connectivity index (χ1v) is 6.60. The molecule has 0 aromatic heterocycles. The van der Waals surface area contributed by atoms with Crippen LogP contribution in [0.2, 0.25) is 0 Å². The van der Waals surface area contributed by atoms with E-state index in [1.165, 1.54) is 22.3 Å². The van der Waals surface area contributed by atoms with Gasteiger partial charge < -0.3 is 15.8 Å². The molecule has 0 amide bonds. The lowest BCUT2D eigenvalue weighted by atomic mass is 9.98. The Morgan fingerprint density at radius 2 is 1.94 bits per heavy atom. The number of benzene rings is 1. The Balaban J connectivity index is 2.08. The van der Waals surface area contributed by atoms with Crippen molar-refractivity contribution in [1.29, 1.82) is 0 Å². The molecule has 1 aromatic rings. The average molecular weight is 248 g/mol. The van der Waals surface area contributed by atoms with Crippen LogP contribution >= 0.6 is 0 Å². The molecule has 1 aliphatic rings. The number of aryl methyl sites for hydroxylation is 1. The minimum Gasteiger partial charge on any atom is -0.496 e. The molecule has 0 heterocycles. The Kier molecular flexibility index (Phi) is 3.64. The third kappa shape index (κ3) is 2.68. The van der Waals surface area contributed by atoms with E-state index in [1.54, 1.807) is 7.11 Å². The highest BCUT2D eigenvalue weighted by Gasteiger charge is 2.37. The zero-order valence-electron chi connectivity index (χ0n) is 11.9. The molecule has 1 aromatic carbocycles. The molecule has 1 fully saturated rings. The summed E-state index contributed by atoms with van der Waals surface area (Å²) in [4.78, 5) is 0. The first-order valence-electron chi connectivity index (χ1n) is 6.60. The van der Waals surface area contributed by atoms with E-state index in [1.807, 2.05) is 0 Å². The lowest BCUT2D eigenvalue weighted by molar-refractivity contribution is 0.407. The number of nitrogens with two attached hydrogens (primary N) is 1. The van der Waals surface area contributed by atoms with Gasteiger partial charge in [0, 0.05) is 18.6 Å². The Bertz CT molecular complexity index is 450. The highest BCUT2D eigenvalue weighted by atomic mass is 16.5. The Morgan fingerprint density at radius 1 is 1.28 bits per heavy atom. The van der Waals surface area contributed by atoms with Gasteiger partial charge in [-0.15, -0.1) is 0 Å². The minimum absolute atomic E-state index is 0.0739. The predicted molar refractivity (Wildman–Crippen MR) is 75.1 cm³/mol. The van der Waals surface area contributed by atoms with Crippen LogP contribution in [0.15, 0.2) is 6.07 Å². The molecule has 1 saturated carbocycles. The third-order valence-electron chi connectivity index (χ3n) is 4.02. The van der Waals surface area contributed by atoms with Crippen molar-refractivity contribution in [1.82, 2.24) is 5.32 Å². The molecule has 0 aliphatic heterocycles. The SMILES string of the molecule is COc1c(C)cc(CNCC2(N)CC2)c(C)c1C. The van der Waals surface area contributed by atoms with Gasteiger partial charge in [0.2, 0.25) is 0 Å². The van der Waals surface area contributed by atoms with Crippen molar-refractivity contribution in [3.8, 4) is 5.75 Å². The van der Waals surface area contributed by atoms with Crippen LogP contribution in [-0.2, 0) is 6.54 Å². The van der Waals surface area contributed by atoms with Gasteiger partial charge in [0.1, 0.15) is 5.75 Å². The molecule has 18 heavy (non-hydrogen) atoms. The first-order chi connectivity index (χ1) is 8.47. The number of rotatable bonds is 5. The zero-order chi connectivity index (χ0) is 13.3. The molecule has 0 unspecified atom stereocenters. The normalized spacial score (nSPS) is 16.7. The van der Waals surface area contributed by atoms with Crippen LogP contribution in [-0.4, -0.2) is 19.2 Å². The van der Waals surface area contributed by atoms with Crippen molar-refractivity contribution in [3.63, 3.8) is 0 Å². The summed E-state index contributed by atoms with van der Waals surface area (Å²) in [6.45, 7) is 8.17. The molecule has 100 valence electrons. The molecule has 3 N–H and O–H groups in total. The lowest BCUT2D eigenvalue weighted by Crippen LogP contribution is -2.35. The van der Waals surface area contributed by atoms with E-state index in [0.717, 1.165) is 31.7 Å². The van der Waals surface area contributed by atoms with Gasteiger partial charge >= 0.3 is 0 Å². The number of hydrogen-bond donors (Lipinski definition) is 2. The second kappa shape index (κ2) is 4.90. The summed E-state index contributed by atoms with van der Waals surface area (Å²) in [5.41, 5.74) is 11.2. The highest BCUT2D eigenvalue weighted by molar-refractivity contribution is 5.48. The van der Waals surface area contributed by atoms with Crippen LogP contribution in [0.4, 0.5) is 0 Å². The van der Waals surface area contributed by atoms with Crippen molar-refractivity contribution in [2.75, 3.05) is 13.7 Å².